The van der Waals surface area contributed by atoms with Gasteiger partial charge in [-0.05, 0) is 43.5 Å². The molecule has 1 aromatic rings. The van der Waals surface area contributed by atoms with Crippen LogP contribution in [0.5, 0.6) is 0 Å². The van der Waals surface area contributed by atoms with Gasteiger partial charge >= 0.3 is 5.97 Å². The van der Waals surface area contributed by atoms with Crippen molar-refractivity contribution in [1.29, 1.82) is 0 Å². The SMILES string of the molecule is CC1CCCNC1C(=O)Nc1ccc(C(=O)O)c(F)c1. The van der Waals surface area contributed by atoms with Crippen molar-refractivity contribution in [1.82, 2.24) is 5.32 Å². The van der Waals surface area contributed by atoms with E-state index in [0.29, 0.717) is 0 Å². The number of carboxylic acid groups (broad SMARTS) is 1. The van der Waals surface area contributed by atoms with Crippen molar-refractivity contribution in [3.05, 3.63) is 29.6 Å². The minimum Gasteiger partial charge on any atom is -0.478 e. The molecule has 0 bridgehead atoms. The van der Waals surface area contributed by atoms with Crippen LogP contribution in [0.4, 0.5) is 10.1 Å². The molecular weight excluding hydrogens is 263 g/mol. The highest BCUT2D eigenvalue weighted by Gasteiger charge is 2.27. The lowest BCUT2D eigenvalue weighted by Crippen LogP contribution is -2.48. The first kappa shape index (κ1) is 14.5. The van der Waals surface area contributed by atoms with Crippen molar-refractivity contribution in [2.75, 3.05) is 11.9 Å². The summed E-state index contributed by atoms with van der Waals surface area (Å²) < 4.78 is 13.5. The molecule has 0 aromatic heterocycles. The molecule has 5 nitrogen and oxygen atoms in total. The van der Waals surface area contributed by atoms with Crippen LogP contribution in [0.3, 0.4) is 0 Å². The van der Waals surface area contributed by atoms with Crippen LogP contribution < -0.4 is 10.6 Å². The lowest BCUT2D eigenvalue weighted by molar-refractivity contribution is -0.119. The van der Waals surface area contributed by atoms with Gasteiger partial charge in [-0.15, -0.1) is 0 Å². The predicted molar refractivity (Wildman–Crippen MR) is 72.2 cm³/mol. The maximum atomic E-state index is 13.5. The first-order valence-electron chi connectivity index (χ1n) is 6.56. The number of hydrogen-bond acceptors (Lipinski definition) is 3. The number of rotatable bonds is 3. The molecule has 1 amide bonds. The Morgan fingerprint density at radius 3 is 2.80 bits per heavy atom. The van der Waals surface area contributed by atoms with Gasteiger partial charge in [0.05, 0.1) is 11.6 Å². The van der Waals surface area contributed by atoms with E-state index in [1.165, 1.54) is 6.07 Å². The van der Waals surface area contributed by atoms with Crippen molar-refractivity contribution >= 4 is 17.6 Å². The average Bonchev–Trinajstić information content (AvgIpc) is 2.38. The zero-order chi connectivity index (χ0) is 14.7. The number of carbonyl (C=O) groups excluding carboxylic acids is 1. The molecule has 1 fully saturated rings. The van der Waals surface area contributed by atoms with Gasteiger partial charge in [0.1, 0.15) is 5.82 Å². The second-order valence-corrected chi connectivity index (χ2v) is 5.04. The van der Waals surface area contributed by atoms with Gasteiger partial charge in [0.15, 0.2) is 0 Å². The highest BCUT2D eigenvalue weighted by Crippen LogP contribution is 2.19. The molecule has 20 heavy (non-hydrogen) atoms. The molecule has 1 aliphatic rings. The number of anilines is 1. The summed E-state index contributed by atoms with van der Waals surface area (Å²) in [6.07, 6.45) is 2.00. The van der Waals surface area contributed by atoms with Crippen molar-refractivity contribution in [3.8, 4) is 0 Å². The van der Waals surface area contributed by atoms with E-state index in [1.54, 1.807) is 0 Å². The van der Waals surface area contributed by atoms with Crippen LogP contribution in [0.25, 0.3) is 0 Å². The first-order chi connectivity index (χ1) is 9.49. The van der Waals surface area contributed by atoms with Gasteiger partial charge in [-0.2, -0.15) is 0 Å². The van der Waals surface area contributed by atoms with Gasteiger partial charge in [0.2, 0.25) is 5.91 Å². The molecule has 0 aliphatic carbocycles. The van der Waals surface area contributed by atoms with Gasteiger partial charge in [0, 0.05) is 5.69 Å². The Morgan fingerprint density at radius 2 is 2.20 bits per heavy atom. The van der Waals surface area contributed by atoms with Crippen LogP contribution in [0.2, 0.25) is 0 Å². The van der Waals surface area contributed by atoms with Crippen molar-refractivity contribution in [2.45, 2.75) is 25.8 Å². The van der Waals surface area contributed by atoms with Gasteiger partial charge in [-0.1, -0.05) is 6.92 Å². The molecule has 0 saturated carbocycles. The van der Waals surface area contributed by atoms with Gasteiger partial charge < -0.3 is 15.7 Å². The maximum Gasteiger partial charge on any atom is 0.338 e. The highest BCUT2D eigenvalue weighted by molar-refractivity contribution is 5.96. The number of piperidine rings is 1. The summed E-state index contributed by atoms with van der Waals surface area (Å²) in [5.74, 6) is -2.20. The van der Waals surface area contributed by atoms with E-state index < -0.39 is 17.3 Å². The normalized spacial score (nSPS) is 22.3. The van der Waals surface area contributed by atoms with E-state index in [-0.39, 0.29) is 23.6 Å². The third-order valence-corrected chi connectivity index (χ3v) is 3.52. The molecule has 3 N–H and O–H groups in total. The smallest absolute Gasteiger partial charge is 0.338 e. The van der Waals surface area contributed by atoms with Crippen molar-refractivity contribution < 1.29 is 19.1 Å². The lowest BCUT2D eigenvalue weighted by atomic mass is 9.92. The standard InChI is InChI=1S/C14H17FN2O3/c1-8-3-2-6-16-12(8)13(18)17-9-4-5-10(14(19)20)11(15)7-9/h4-5,7-8,12,16H,2-3,6H2,1H3,(H,17,18)(H,19,20). The number of halogens is 1. The minimum atomic E-state index is -1.33. The fraction of sp³-hybridized carbons (Fsp3) is 0.429. The summed E-state index contributed by atoms with van der Waals surface area (Å²) in [4.78, 5) is 22.8. The molecule has 2 unspecified atom stereocenters. The molecule has 0 spiro atoms. The van der Waals surface area contributed by atoms with Crippen LogP contribution >= 0.6 is 0 Å². The van der Waals surface area contributed by atoms with Crippen molar-refractivity contribution in [3.63, 3.8) is 0 Å². The largest absolute Gasteiger partial charge is 0.478 e. The number of benzene rings is 1. The van der Waals surface area contributed by atoms with Gasteiger partial charge in [-0.25, -0.2) is 9.18 Å². The Kier molecular flexibility index (Phi) is 4.34. The summed E-state index contributed by atoms with van der Waals surface area (Å²) in [7, 11) is 0. The number of amides is 1. The number of nitrogens with one attached hydrogen (secondary N) is 2. The van der Waals surface area contributed by atoms with E-state index in [4.69, 9.17) is 5.11 Å². The fourth-order valence-corrected chi connectivity index (χ4v) is 2.39. The molecule has 108 valence electrons. The molecule has 2 rings (SSSR count). The van der Waals surface area contributed by atoms with E-state index in [1.807, 2.05) is 6.92 Å². The van der Waals surface area contributed by atoms with Crippen LogP contribution in [-0.2, 0) is 4.79 Å². The lowest BCUT2D eigenvalue weighted by Gasteiger charge is -2.28. The summed E-state index contributed by atoms with van der Waals surface area (Å²) >= 11 is 0. The monoisotopic (exact) mass is 280 g/mol. The Balaban J connectivity index is 2.08. The summed E-state index contributed by atoms with van der Waals surface area (Å²) in [5.41, 5.74) is -0.149. The van der Waals surface area contributed by atoms with Crippen LogP contribution in [-0.4, -0.2) is 29.6 Å². The zero-order valence-corrected chi connectivity index (χ0v) is 11.1. The van der Waals surface area contributed by atoms with E-state index in [2.05, 4.69) is 10.6 Å². The van der Waals surface area contributed by atoms with Crippen LogP contribution in [0, 0.1) is 11.7 Å². The Bertz CT molecular complexity index is 533. The first-order valence-corrected chi connectivity index (χ1v) is 6.56. The number of carbonyl (C=O) groups is 2. The van der Waals surface area contributed by atoms with Crippen LogP contribution in [0.1, 0.15) is 30.1 Å². The quantitative estimate of drug-likeness (QED) is 0.789. The molecular formula is C14H17FN2O3. The molecule has 6 heteroatoms. The van der Waals surface area contributed by atoms with Gasteiger partial charge in [0.25, 0.3) is 0 Å². The summed E-state index contributed by atoms with van der Waals surface area (Å²) in [5, 5.41) is 14.5. The molecule has 2 atom stereocenters. The van der Waals surface area contributed by atoms with E-state index >= 15 is 0 Å². The molecule has 1 aliphatic heterocycles. The molecule has 0 radical (unpaired) electrons. The highest BCUT2D eigenvalue weighted by atomic mass is 19.1. The maximum absolute atomic E-state index is 13.5. The minimum absolute atomic E-state index is 0.215. The molecule has 1 saturated heterocycles. The third-order valence-electron chi connectivity index (χ3n) is 3.52. The number of carboxylic acids is 1. The van der Waals surface area contributed by atoms with Gasteiger partial charge in [-0.3, -0.25) is 4.79 Å². The Morgan fingerprint density at radius 1 is 1.45 bits per heavy atom. The number of aromatic carboxylic acids is 1. The number of hydrogen-bond donors (Lipinski definition) is 3. The van der Waals surface area contributed by atoms with E-state index in [9.17, 15) is 14.0 Å². The summed E-state index contributed by atoms with van der Waals surface area (Å²) in [6, 6.07) is 3.25. The second kappa shape index (κ2) is 6.00. The topological polar surface area (TPSA) is 78.4 Å². The van der Waals surface area contributed by atoms with E-state index in [0.717, 1.165) is 31.5 Å². The fourth-order valence-electron chi connectivity index (χ4n) is 2.39. The van der Waals surface area contributed by atoms with Crippen LogP contribution in [0.15, 0.2) is 18.2 Å². The zero-order valence-electron chi connectivity index (χ0n) is 11.1. The second-order valence-electron chi connectivity index (χ2n) is 5.04. The summed E-state index contributed by atoms with van der Waals surface area (Å²) in [6.45, 7) is 2.78. The average molecular weight is 280 g/mol. The third kappa shape index (κ3) is 3.14. The molecule has 1 heterocycles. The van der Waals surface area contributed by atoms with Crippen molar-refractivity contribution in [2.24, 2.45) is 5.92 Å². The molecule has 1 aromatic carbocycles. The Hall–Kier alpha value is -1.95. The predicted octanol–water partition coefficient (Wildman–Crippen LogP) is 1.85. The Labute approximate surface area is 116 Å².